The largest absolute Gasteiger partial charge is 0.309 e. The monoisotopic (exact) mass is 712 g/mol. The third-order valence-corrected chi connectivity index (χ3v) is 11.5. The van der Waals surface area contributed by atoms with Gasteiger partial charge in [-0.2, -0.15) is 0 Å². The summed E-state index contributed by atoms with van der Waals surface area (Å²) in [4.78, 5) is 11.0. The van der Waals surface area contributed by atoms with Gasteiger partial charge in [-0.3, -0.25) is 4.57 Å². The van der Waals surface area contributed by atoms with Crippen molar-refractivity contribution < 1.29 is 0 Å². The SMILES string of the molecule is c1ccc(-n2c3ccccc3c3ccc(-c4ccc5c6ccccc6n(-c6nc(-c7cccc8ccccc78)c7ccc8ccccc8c7n6)c5c4)cc32)cc1. The van der Waals surface area contributed by atoms with Crippen LogP contribution in [-0.2, 0) is 0 Å². The average Bonchev–Trinajstić information content (AvgIpc) is 3.78. The minimum Gasteiger partial charge on any atom is -0.309 e. The van der Waals surface area contributed by atoms with Crippen molar-refractivity contribution in [3.8, 4) is 34.0 Å². The van der Waals surface area contributed by atoms with Crippen molar-refractivity contribution in [2.24, 2.45) is 0 Å². The number of fused-ring (bicyclic) bond motifs is 10. The van der Waals surface area contributed by atoms with E-state index in [9.17, 15) is 0 Å². The highest BCUT2D eigenvalue weighted by Gasteiger charge is 2.20. The van der Waals surface area contributed by atoms with Crippen LogP contribution in [0.5, 0.6) is 0 Å². The number of aromatic nitrogens is 4. The van der Waals surface area contributed by atoms with Crippen molar-refractivity contribution in [3.05, 3.63) is 194 Å². The Morgan fingerprint density at radius 3 is 1.55 bits per heavy atom. The summed E-state index contributed by atoms with van der Waals surface area (Å²) >= 11 is 0. The zero-order valence-electron chi connectivity index (χ0n) is 30.3. The molecular weight excluding hydrogens is 681 g/mol. The highest BCUT2D eigenvalue weighted by molar-refractivity contribution is 6.14. The maximum absolute atomic E-state index is 5.53. The van der Waals surface area contributed by atoms with Crippen LogP contribution in [0.15, 0.2) is 194 Å². The van der Waals surface area contributed by atoms with Gasteiger partial charge in [0.2, 0.25) is 5.95 Å². The third-order valence-electron chi connectivity index (χ3n) is 11.5. The van der Waals surface area contributed by atoms with E-state index in [1.165, 1.54) is 38.0 Å². The molecule has 0 fully saturated rings. The summed E-state index contributed by atoms with van der Waals surface area (Å²) < 4.78 is 4.65. The number of hydrogen-bond acceptors (Lipinski definition) is 2. The molecule has 4 heteroatoms. The van der Waals surface area contributed by atoms with E-state index in [1.807, 2.05) is 0 Å². The Morgan fingerprint density at radius 2 is 0.839 bits per heavy atom. The molecule has 0 saturated carbocycles. The lowest BCUT2D eigenvalue weighted by Gasteiger charge is -2.15. The summed E-state index contributed by atoms with van der Waals surface area (Å²) in [5.41, 5.74) is 10.9. The van der Waals surface area contributed by atoms with Crippen LogP contribution in [0.4, 0.5) is 0 Å². The number of benzene rings is 9. The van der Waals surface area contributed by atoms with Crippen LogP contribution in [0.1, 0.15) is 0 Å². The second-order valence-corrected chi connectivity index (χ2v) is 14.6. The quantitative estimate of drug-likeness (QED) is 0.170. The molecule has 12 rings (SSSR count). The summed E-state index contributed by atoms with van der Waals surface area (Å²) in [5.74, 6) is 0.653. The predicted octanol–water partition coefficient (Wildman–Crippen LogP) is 13.5. The fourth-order valence-electron chi connectivity index (χ4n) is 8.96. The fourth-order valence-corrected chi connectivity index (χ4v) is 8.96. The van der Waals surface area contributed by atoms with Gasteiger partial charge < -0.3 is 4.57 Å². The molecule has 0 saturated heterocycles. The number of hydrogen-bond donors (Lipinski definition) is 0. The van der Waals surface area contributed by atoms with Crippen LogP contribution in [0.2, 0.25) is 0 Å². The molecule has 0 aliphatic carbocycles. The molecule has 9 aromatic carbocycles. The second kappa shape index (κ2) is 12.0. The first-order valence-corrected chi connectivity index (χ1v) is 19.1. The number of rotatable bonds is 4. The van der Waals surface area contributed by atoms with Crippen LogP contribution >= 0.6 is 0 Å². The van der Waals surface area contributed by atoms with Crippen LogP contribution in [0.25, 0.3) is 110 Å². The summed E-state index contributed by atoms with van der Waals surface area (Å²) in [6.45, 7) is 0. The van der Waals surface area contributed by atoms with Crippen LogP contribution in [0.3, 0.4) is 0 Å². The van der Waals surface area contributed by atoms with Gasteiger partial charge in [-0.05, 0) is 69.8 Å². The highest BCUT2D eigenvalue weighted by atomic mass is 15.2. The van der Waals surface area contributed by atoms with Gasteiger partial charge in [0.25, 0.3) is 0 Å². The van der Waals surface area contributed by atoms with Crippen molar-refractivity contribution >= 4 is 76.1 Å². The Labute approximate surface area is 322 Å². The Kier molecular flexibility index (Phi) is 6.60. The third kappa shape index (κ3) is 4.53. The van der Waals surface area contributed by atoms with Crippen molar-refractivity contribution in [1.82, 2.24) is 19.1 Å². The van der Waals surface area contributed by atoms with E-state index in [1.54, 1.807) is 0 Å². The van der Waals surface area contributed by atoms with Gasteiger partial charge in [0.05, 0.1) is 33.3 Å². The molecular formula is C52H32N4. The first-order chi connectivity index (χ1) is 27.8. The molecule has 3 aromatic heterocycles. The Morgan fingerprint density at radius 1 is 0.321 bits per heavy atom. The molecule has 56 heavy (non-hydrogen) atoms. The van der Waals surface area contributed by atoms with Gasteiger partial charge in [-0.25, -0.2) is 9.97 Å². The molecule has 0 N–H and O–H groups in total. The standard InChI is InChI=1S/C52H32N4/c1-2-16-37(17-3-1)55-46-23-10-8-20-40(46)42-28-26-35(31-48(42)55)36-27-29-43-41-21-9-11-24-47(41)56(49(43)32-36)52-53-50-39-19-7-5-14-34(39)25-30-45(50)51(54-52)44-22-12-15-33-13-4-6-18-38(33)44/h1-32H. The molecule has 12 aromatic rings. The van der Waals surface area contributed by atoms with Gasteiger partial charge in [0.1, 0.15) is 0 Å². The van der Waals surface area contributed by atoms with Crippen molar-refractivity contribution in [2.45, 2.75) is 0 Å². The lowest BCUT2D eigenvalue weighted by atomic mass is 9.98. The molecule has 0 spiro atoms. The summed E-state index contributed by atoms with van der Waals surface area (Å²) in [6, 6.07) is 69.7. The summed E-state index contributed by atoms with van der Waals surface area (Å²) in [7, 11) is 0. The van der Waals surface area contributed by atoms with Crippen LogP contribution < -0.4 is 0 Å². The molecule has 3 heterocycles. The zero-order chi connectivity index (χ0) is 36.7. The topological polar surface area (TPSA) is 35.6 Å². The van der Waals surface area contributed by atoms with E-state index in [-0.39, 0.29) is 0 Å². The van der Waals surface area contributed by atoms with Crippen LogP contribution in [0, 0.1) is 0 Å². The van der Waals surface area contributed by atoms with Gasteiger partial charge in [0.15, 0.2) is 0 Å². The van der Waals surface area contributed by atoms with E-state index < -0.39 is 0 Å². The Hall–Kier alpha value is -7.56. The smallest absolute Gasteiger partial charge is 0.235 e. The number of para-hydroxylation sites is 3. The van der Waals surface area contributed by atoms with Crippen LogP contribution in [-0.4, -0.2) is 19.1 Å². The van der Waals surface area contributed by atoms with Gasteiger partial charge in [-0.1, -0.05) is 152 Å². The Bertz CT molecular complexity index is 3530. The normalized spacial score (nSPS) is 11.9. The Balaban J connectivity index is 1.14. The molecule has 260 valence electrons. The molecule has 0 radical (unpaired) electrons. The maximum Gasteiger partial charge on any atom is 0.235 e. The van der Waals surface area contributed by atoms with E-state index in [0.717, 1.165) is 66.2 Å². The molecule has 0 amide bonds. The van der Waals surface area contributed by atoms with Crippen molar-refractivity contribution in [3.63, 3.8) is 0 Å². The molecule has 0 unspecified atom stereocenters. The first-order valence-electron chi connectivity index (χ1n) is 19.1. The molecule has 0 bridgehead atoms. The minimum atomic E-state index is 0.653. The predicted molar refractivity (Wildman–Crippen MR) is 234 cm³/mol. The summed E-state index contributed by atoms with van der Waals surface area (Å²) in [5, 5.41) is 10.5. The molecule has 0 aliphatic heterocycles. The van der Waals surface area contributed by atoms with E-state index >= 15 is 0 Å². The van der Waals surface area contributed by atoms with E-state index in [2.05, 4.69) is 203 Å². The van der Waals surface area contributed by atoms with E-state index in [4.69, 9.17) is 9.97 Å². The second-order valence-electron chi connectivity index (χ2n) is 14.6. The van der Waals surface area contributed by atoms with Gasteiger partial charge in [-0.15, -0.1) is 0 Å². The highest BCUT2D eigenvalue weighted by Crippen LogP contribution is 2.40. The zero-order valence-corrected chi connectivity index (χ0v) is 30.3. The number of nitrogens with zero attached hydrogens (tertiary/aromatic N) is 4. The minimum absolute atomic E-state index is 0.653. The van der Waals surface area contributed by atoms with Crippen molar-refractivity contribution in [2.75, 3.05) is 0 Å². The van der Waals surface area contributed by atoms with E-state index in [0.29, 0.717) is 5.95 Å². The maximum atomic E-state index is 5.53. The molecule has 0 aliphatic rings. The lowest BCUT2D eigenvalue weighted by Crippen LogP contribution is -2.04. The van der Waals surface area contributed by atoms with Crippen molar-refractivity contribution in [1.29, 1.82) is 0 Å². The summed E-state index contributed by atoms with van der Waals surface area (Å²) in [6.07, 6.45) is 0. The fraction of sp³-hybridized carbons (Fsp3) is 0. The lowest BCUT2D eigenvalue weighted by molar-refractivity contribution is 1.02. The molecule has 4 nitrogen and oxygen atoms in total. The average molecular weight is 713 g/mol. The molecule has 0 atom stereocenters. The first kappa shape index (κ1) is 30.9. The van der Waals surface area contributed by atoms with Gasteiger partial charge in [0, 0.05) is 43.6 Å². The van der Waals surface area contributed by atoms with Gasteiger partial charge >= 0.3 is 0 Å².